The summed E-state index contributed by atoms with van der Waals surface area (Å²) in [7, 11) is 1.58. The molecule has 0 spiro atoms. The van der Waals surface area contributed by atoms with Crippen LogP contribution in [0.4, 0.5) is 11.4 Å². The molecule has 1 aliphatic heterocycles. The highest BCUT2D eigenvalue weighted by Gasteiger charge is 2.42. The third kappa shape index (κ3) is 4.68. The molecular weight excluding hydrogens is 482 g/mol. The third-order valence-electron chi connectivity index (χ3n) is 6.72. The summed E-state index contributed by atoms with van der Waals surface area (Å²) in [6.45, 7) is 5.72. The van der Waals surface area contributed by atoms with E-state index in [1.807, 2.05) is 36.4 Å². The van der Waals surface area contributed by atoms with Crippen molar-refractivity contribution in [1.29, 1.82) is 0 Å². The van der Waals surface area contributed by atoms with E-state index in [0.29, 0.717) is 16.5 Å². The van der Waals surface area contributed by atoms with Crippen LogP contribution in [0.1, 0.15) is 41.5 Å². The molecule has 7 nitrogen and oxygen atoms in total. The molecule has 2 aromatic heterocycles. The summed E-state index contributed by atoms with van der Waals surface area (Å²) in [5, 5.41) is 6.96. The number of nitrogens with zero attached hydrogens (tertiary/aromatic N) is 3. The lowest BCUT2D eigenvalue weighted by atomic mass is 10.0. The van der Waals surface area contributed by atoms with E-state index < -0.39 is 0 Å². The summed E-state index contributed by atoms with van der Waals surface area (Å²) in [4.78, 5) is 18.6. The van der Waals surface area contributed by atoms with Gasteiger partial charge in [-0.15, -0.1) is 0 Å². The minimum absolute atomic E-state index is 0.177. The Hall–Kier alpha value is -4.17. The van der Waals surface area contributed by atoms with Gasteiger partial charge in [0.2, 0.25) is 5.91 Å². The van der Waals surface area contributed by atoms with Crippen molar-refractivity contribution in [2.24, 2.45) is 0 Å². The van der Waals surface area contributed by atoms with E-state index in [2.05, 4.69) is 75.5 Å². The number of amides is 1. The minimum Gasteiger partial charge on any atom is -0.495 e. The number of hydrogen-bond acceptors (Lipinski definition) is 4. The molecule has 2 N–H and O–H groups in total. The van der Waals surface area contributed by atoms with Crippen LogP contribution >= 0.6 is 12.2 Å². The Kier molecular flexibility index (Phi) is 6.67. The van der Waals surface area contributed by atoms with Gasteiger partial charge >= 0.3 is 0 Å². The molecule has 3 heterocycles. The summed E-state index contributed by atoms with van der Waals surface area (Å²) < 4.78 is 7.68. The number of aryl methyl sites for hydroxylation is 2. The molecule has 1 aliphatic rings. The average Bonchev–Trinajstić information content (AvgIpc) is 3.50. The first kappa shape index (κ1) is 24.5. The van der Waals surface area contributed by atoms with Crippen LogP contribution in [-0.4, -0.2) is 27.7 Å². The Morgan fingerprint density at radius 1 is 1.03 bits per heavy atom. The zero-order chi connectivity index (χ0) is 26.1. The average molecular weight is 512 g/mol. The first-order valence-electron chi connectivity index (χ1n) is 12.1. The number of nitrogens with one attached hydrogen (secondary N) is 2. The van der Waals surface area contributed by atoms with E-state index in [1.165, 1.54) is 18.1 Å². The quantitative estimate of drug-likeness (QED) is 0.327. The number of ether oxygens (including phenoxy) is 1. The van der Waals surface area contributed by atoms with Gasteiger partial charge in [0.25, 0.3) is 0 Å². The van der Waals surface area contributed by atoms with Crippen LogP contribution in [0.3, 0.4) is 0 Å². The van der Waals surface area contributed by atoms with Gasteiger partial charge in [0, 0.05) is 36.4 Å². The van der Waals surface area contributed by atoms with Gasteiger partial charge in [-0.3, -0.25) is 9.78 Å². The monoisotopic (exact) mass is 511 g/mol. The summed E-state index contributed by atoms with van der Waals surface area (Å²) in [6.07, 6.45) is 3.87. The number of benzene rings is 2. The number of aromatic nitrogens is 2. The van der Waals surface area contributed by atoms with Crippen molar-refractivity contribution in [3.8, 4) is 11.4 Å². The molecule has 1 fully saturated rings. The number of pyridine rings is 1. The Morgan fingerprint density at radius 2 is 1.84 bits per heavy atom. The molecule has 37 heavy (non-hydrogen) atoms. The van der Waals surface area contributed by atoms with Crippen LogP contribution in [-0.2, 0) is 4.79 Å². The normalized spacial score (nSPS) is 17.0. The second-order valence-corrected chi connectivity index (χ2v) is 9.52. The van der Waals surface area contributed by atoms with Crippen molar-refractivity contribution in [2.75, 3.05) is 17.3 Å². The maximum atomic E-state index is 11.9. The lowest BCUT2D eigenvalue weighted by molar-refractivity contribution is -0.114. The number of carbonyl (C=O) groups is 1. The zero-order valence-corrected chi connectivity index (χ0v) is 22.0. The van der Waals surface area contributed by atoms with Crippen LogP contribution in [0.5, 0.6) is 5.75 Å². The van der Waals surface area contributed by atoms with Crippen molar-refractivity contribution < 1.29 is 9.53 Å². The Balaban J connectivity index is 1.67. The van der Waals surface area contributed by atoms with Gasteiger partial charge in [-0.2, -0.15) is 0 Å². The maximum Gasteiger partial charge on any atom is 0.221 e. The summed E-state index contributed by atoms with van der Waals surface area (Å²) >= 11 is 5.90. The fraction of sp³-hybridized carbons (Fsp3) is 0.207. The van der Waals surface area contributed by atoms with Crippen molar-refractivity contribution in [2.45, 2.75) is 32.9 Å². The van der Waals surface area contributed by atoms with Gasteiger partial charge in [-0.1, -0.05) is 12.1 Å². The molecule has 188 valence electrons. The van der Waals surface area contributed by atoms with Crippen molar-refractivity contribution in [1.82, 2.24) is 14.9 Å². The lowest BCUT2D eigenvalue weighted by Gasteiger charge is -2.29. The third-order valence-corrected chi connectivity index (χ3v) is 7.04. The van der Waals surface area contributed by atoms with Crippen molar-refractivity contribution >= 4 is 34.6 Å². The molecule has 0 radical (unpaired) electrons. The van der Waals surface area contributed by atoms with Gasteiger partial charge in [0.15, 0.2) is 5.11 Å². The Bertz CT molecular complexity index is 1470. The van der Waals surface area contributed by atoms with Gasteiger partial charge in [0.05, 0.1) is 24.5 Å². The minimum atomic E-state index is -0.211. The highest BCUT2D eigenvalue weighted by atomic mass is 32.1. The first-order chi connectivity index (χ1) is 17.9. The van der Waals surface area contributed by atoms with E-state index in [4.69, 9.17) is 17.0 Å². The topological polar surface area (TPSA) is 71.4 Å². The molecule has 0 aliphatic carbocycles. The fourth-order valence-corrected chi connectivity index (χ4v) is 5.16. The molecule has 5 rings (SSSR count). The molecule has 8 heteroatoms. The Morgan fingerprint density at radius 3 is 2.54 bits per heavy atom. The second-order valence-electron chi connectivity index (χ2n) is 9.13. The van der Waals surface area contributed by atoms with E-state index in [-0.39, 0.29) is 18.0 Å². The molecule has 1 saturated heterocycles. The van der Waals surface area contributed by atoms with E-state index >= 15 is 0 Å². The molecule has 4 aromatic rings. The predicted octanol–water partition coefficient (Wildman–Crippen LogP) is 5.63. The molecule has 0 bridgehead atoms. The molecule has 0 saturated carbocycles. The van der Waals surface area contributed by atoms with Crippen LogP contribution in [0.25, 0.3) is 5.69 Å². The zero-order valence-electron chi connectivity index (χ0n) is 21.2. The fourth-order valence-electron chi connectivity index (χ4n) is 4.81. The lowest BCUT2D eigenvalue weighted by Crippen LogP contribution is -2.30. The smallest absolute Gasteiger partial charge is 0.221 e. The van der Waals surface area contributed by atoms with Gasteiger partial charge in [0.1, 0.15) is 11.8 Å². The first-order valence-corrected chi connectivity index (χ1v) is 12.5. The van der Waals surface area contributed by atoms with E-state index in [0.717, 1.165) is 22.8 Å². The Labute approximate surface area is 222 Å². The number of rotatable bonds is 6. The van der Waals surface area contributed by atoms with Crippen LogP contribution in [0, 0.1) is 13.8 Å². The second kappa shape index (κ2) is 10.1. The van der Waals surface area contributed by atoms with Crippen molar-refractivity contribution in [3.63, 3.8) is 0 Å². The van der Waals surface area contributed by atoms with Gasteiger partial charge in [-0.25, -0.2) is 0 Å². The molecule has 2 atom stereocenters. The van der Waals surface area contributed by atoms with E-state index in [9.17, 15) is 4.79 Å². The number of thiocarbonyl (C=S) groups is 1. The number of hydrogen-bond donors (Lipinski definition) is 2. The summed E-state index contributed by atoms with van der Waals surface area (Å²) in [5.41, 5.74) is 6.92. The van der Waals surface area contributed by atoms with E-state index in [1.54, 1.807) is 13.3 Å². The molecule has 1 amide bonds. The molecule has 2 aromatic carbocycles. The van der Waals surface area contributed by atoms with Crippen LogP contribution in [0.15, 0.2) is 79.1 Å². The largest absolute Gasteiger partial charge is 0.495 e. The number of methoxy groups -OCH3 is 1. The molecule has 0 unspecified atom stereocenters. The van der Waals surface area contributed by atoms with Crippen LogP contribution < -0.4 is 20.3 Å². The number of carbonyl (C=O) groups excluding carboxylic acids is 1. The van der Waals surface area contributed by atoms with Crippen LogP contribution in [0.2, 0.25) is 0 Å². The highest BCUT2D eigenvalue weighted by molar-refractivity contribution is 7.80. The van der Waals surface area contributed by atoms with Gasteiger partial charge in [-0.05, 0) is 91.8 Å². The standard InChI is InChI=1S/C29H29N5O2S/c1-18-10-11-21(16-19(18)2)33-15-7-9-25(33)28-27(23-8-5-6-14-30-23)32-29(37)34(28)22-12-13-26(36-4)24(17-22)31-20(3)35/h5-17,27-28H,1-4H3,(H,31,35)(H,32,37)/t27-,28-/m0/s1. The number of anilines is 2. The van der Waals surface area contributed by atoms with Gasteiger partial charge < -0.3 is 24.8 Å². The highest BCUT2D eigenvalue weighted by Crippen LogP contribution is 2.43. The SMILES string of the molecule is COc1ccc(N2C(=S)N[C@@H](c3ccccn3)[C@@H]2c2cccn2-c2ccc(C)c(C)c2)cc1NC(C)=O. The molecular formula is C29H29N5O2S. The maximum absolute atomic E-state index is 11.9. The van der Waals surface area contributed by atoms with Crippen molar-refractivity contribution in [3.05, 3.63) is 102 Å². The summed E-state index contributed by atoms with van der Waals surface area (Å²) in [5.74, 6) is 0.400. The predicted molar refractivity (Wildman–Crippen MR) is 150 cm³/mol. The summed E-state index contributed by atoms with van der Waals surface area (Å²) in [6, 6.07) is 21.8.